The fraction of sp³-hybridized carbons (Fsp3) is 0.294. The molecule has 0 aliphatic carbocycles. The third-order valence-electron chi connectivity index (χ3n) is 3.83. The molecule has 2 atom stereocenters. The fourth-order valence-electron chi connectivity index (χ4n) is 2.77. The molecule has 0 amide bonds. The van der Waals surface area contributed by atoms with Crippen molar-refractivity contribution in [2.24, 2.45) is 0 Å². The lowest BCUT2D eigenvalue weighted by molar-refractivity contribution is 0.142. The zero-order chi connectivity index (χ0) is 14.7. The molecular formula is C17H17Cl2NO. The second-order valence-electron chi connectivity index (χ2n) is 5.24. The number of ether oxygens (including phenoxy) is 1. The van der Waals surface area contributed by atoms with E-state index in [1.54, 1.807) is 12.1 Å². The molecule has 3 rings (SSSR count). The van der Waals surface area contributed by atoms with Crippen molar-refractivity contribution in [2.75, 3.05) is 13.1 Å². The highest BCUT2D eigenvalue weighted by molar-refractivity contribution is 6.35. The van der Waals surface area contributed by atoms with Crippen LogP contribution < -0.4 is 10.1 Å². The van der Waals surface area contributed by atoms with Crippen molar-refractivity contribution in [3.63, 3.8) is 0 Å². The van der Waals surface area contributed by atoms with Crippen LogP contribution in [0.5, 0.6) is 5.75 Å². The van der Waals surface area contributed by atoms with Gasteiger partial charge in [0.05, 0.1) is 5.02 Å². The molecule has 1 saturated heterocycles. The highest BCUT2D eigenvalue weighted by Gasteiger charge is 2.28. The summed E-state index contributed by atoms with van der Waals surface area (Å²) in [7, 11) is 0. The summed E-state index contributed by atoms with van der Waals surface area (Å²) in [6, 6.07) is 15.9. The van der Waals surface area contributed by atoms with Crippen molar-refractivity contribution in [3.8, 4) is 5.75 Å². The first kappa shape index (κ1) is 14.7. The Morgan fingerprint density at radius 2 is 1.86 bits per heavy atom. The quantitative estimate of drug-likeness (QED) is 0.897. The Kier molecular flexibility index (Phi) is 4.69. The molecule has 1 N–H and O–H groups in total. The first-order valence-corrected chi connectivity index (χ1v) is 7.87. The van der Waals surface area contributed by atoms with Gasteiger partial charge in [0, 0.05) is 17.5 Å². The van der Waals surface area contributed by atoms with Crippen molar-refractivity contribution in [1.29, 1.82) is 0 Å². The predicted molar refractivity (Wildman–Crippen MR) is 87.5 cm³/mol. The van der Waals surface area contributed by atoms with E-state index in [1.807, 2.05) is 12.1 Å². The molecule has 0 radical (unpaired) electrons. The van der Waals surface area contributed by atoms with E-state index in [2.05, 4.69) is 29.6 Å². The van der Waals surface area contributed by atoms with E-state index >= 15 is 0 Å². The van der Waals surface area contributed by atoms with E-state index in [0.717, 1.165) is 19.5 Å². The average Bonchev–Trinajstić information content (AvgIpc) is 2.51. The lowest BCUT2D eigenvalue weighted by Crippen LogP contribution is -2.42. The van der Waals surface area contributed by atoms with Gasteiger partial charge in [-0.2, -0.15) is 0 Å². The molecule has 0 saturated carbocycles. The van der Waals surface area contributed by atoms with Crippen LogP contribution in [-0.2, 0) is 0 Å². The van der Waals surface area contributed by atoms with E-state index in [-0.39, 0.29) is 6.10 Å². The maximum atomic E-state index is 6.21. The number of halogens is 2. The van der Waals surface area contributed by atoms with Crippen molar-refractivity contribution in [3.05, 3.63) is 64.1 Å². The molecule has 1 aliphatic rings. The maximum absolute atomic E-state index is 6.21. The van der Waals surface area contributed by atoms with Crippen molar-refractivity contribution < 1.29 is 4.74 Å². The molecule has 0 bridgehead atoms. The Morgan fingerprint density at radius 3 is 2.62 bits per heavy atom. The highest BCUT2D eigenvalue weighted by Crippen LogP contribution is 2.33. The molecule has 2 nitrogen and oxygen atoms in total. The zero-order valence-corrected chi connectivity index (χ0v) is 13.1. The van der Waals surface area contributed by atoms with Gasteiger partial charge < -0.3 is 10.1 Å². The van der Waals surface area contributed by atoms with Crippen LogP contribution in [0.2, 0.25) is 10.0 Å². The Morgan fingerprint density at radius 1 is 1.05 bits per heavy atom. The summed E-state index contributed by atoms with van der Waals surface area (Å²) in [5, 5.41) is 4.57. The number of nitrogens with one attached hydrogen (secondary N) is 1. The van der Waals surface area contributed by atoms with Crippen molar-refractivity contribution in [2.45, 2.75) is 18.4 Å². The first-order valence-electron chi connectivity index (χ1n) is 7.11. The van der Waals surface area contributed by atoms with E-state index < -0.39 is 0 Å². The van der Waals surface area contributed by atoms with Crippen LogP contribution in [-0.4, -0.2) is 19.2 Å². The van der Waals surface area contributed by atoms with Crippen LogP contribution in [0, 0.1) is 0 Å². The van der Waals surface area contributed by atoms with Gasteiger partial charge in [-0.05, 0) is 36.7 Å². The molecule has 2 unspecified atom stereocenters. The van der Waals surface area contributed by atoms with Crippen LogP contribution >= 0.6 is 23.2 Å². The number of rotatable bonds is 3. The molecule has 110 valence electrons. The number of piperidine rings is 1. The normalized spacial score (nSPS) is 22.0. The van der Waals surface area contributed by atoms with Crippen LogP contribution in [0.1, 0.15) is 17.9 Å². The molecule has 21 heavy (non-hydrogen) atoms. The topological polar surface area (TPSA) is 21.3 Å². The molecular weight excluding hydrogens is 305 g/mol. The number of hydrogen-bond donors (Lipinski definition) is 1. The Hall–Kier alpha value is -1.22. The van der Waals surface area contributed by atoms with Gasteiger partial charge in [0.2, 0.25) is 0 Å². The van der Waals surface area contributed by atoms with Crippen LogP contribution in [0.4, 0.5) is 0 Å². The molecule has 1 heterocycles. The van der Waals surface area contributed by atoms with E-state index in [1.165, 1.54) is 5.56 Å². The van der Waals surface area contributed by atoms with Gasteiger partial charge in [-0.1, -0.05) is 53.5 Å². The first-order chi connectivity index (χ1) is 10.2. The molecule has 1 fully saturated rings. The molecule has 4 heteroatoms. The maximum Gasteiger partial charge on any atom is 0.138 e. The largest absolute Gasteiger partial charge is 0.487 e. The minimum absolute atomic E-state index is 0.0693. The summed E-state index contributed by atoms with van der Waals surface area (Å²) in [5.74, 6) is 1.06. The monoisotopic (exact) mass is 321 g/mol. The number of hydrogen-bond acceptors (Lipinski definition) is 2. The Labute approximate surface area is 135 Å². The van der Waals surface area contributed by atoms with Gasteiger partial charge in [-0.25, -0.2) is 0 Å². The third-order valence-corrected chi connectivity index (χ3v) is 4.36. The second kappa shape index (κ2) is 6.69. The molecule has 0 spiro atoms. The van der Waals surface area contributed by atoms with E-state index in [0.29, 0.717) is 21.7 Å². The van der Waals surface area contributed by atoms with Gasteiger partial charge in [0.1, 0.15) is 11.9 Å². The van der Waals surface area contributed by atoms with Crippen molar-refractivity contribution >= 4 is 23.2 Å². The number of benzene rings is 2. The lowest BCUT2D eigenvalue weighted by Gasteiger charge is -2.33. The summed E-state index contributed by atoms with van der Waals surface area (Å²) in [6.07, 6.45) is 1.12. The van der Waals surface area contributed by atoms with Gasteiger partial charge in [-0.3, -0.25) is 0 Å². The van der Waals surface area contributed by atoms with Crippen LogP contribution in [0.25, 0.3) is 0 Å². The molecule has 1 aliphatic heterocycles. The average molecular weight is 322 g/mol. The second-order valence-corrected chi connectivity index (χ2v) is 6.08. The smallest absolute Gasteiger partial charge is 0.138 e. The fourth-order valence-corrected chi connectivity index (χ4v) is 3.22. The van der Waals surface area contributed by atoms with E-state index in [9.17, 15) is 0 Å². The Balaban J connectivity index is 1.81. The highest BCUT2D eigenvalue weighted by atomic mass is 35.5. The summed E-state index contributed by atoms with van der Waals surface area (Å²) < 4.78 is 6.16. The minimum atomic E-state index is 0.0693. The predicted octanol–water partition coefficient (Wildman–Crippen LogP) is 4.52. The standard InChI is InChI=1S/C17H17Cl2NO/c18-13-6-7-16(15(19)10-13)21-17-11-20-9-8-14(17)12-4-2-1-3-5-12/h1-7,10,14,17,20H,8-9,11H2. The molecule has 2 aromatic rings. The zero-order valence-electron chi connectivity index (χ0n) is 11.6. The summed E-state index contributed by atoms with van der Waals surface area (Å²) in [5.41, 5.74) is 1.31. The van der Waals surface area contributed by atoms with Gasteiger partial charge in [0.15, 0.2) is 0 Å². The van der Waals surface area contributed by atoms with Crippen LogP contribution in [0.3, 0.4) is 0 Å². The molecule has 2 aromatic carbocycles. The third kappa shape index (κ3) is 3.52. The Bertz CT molecular complexity index is 603. The summed E-state index contributed by atoms with van der Waals surface area (Å²) >= 11 is 12.1. The summed E-state index contributed by atoms with van der Waals surface area (Å²) in [6.45, 7) is 1.83. The van der Waals surface area contributed by atoms with Crippen molar-refractivity contribution in [1.82, 2.24) is 5.32 Å². The van der Waals surface area contributed by atoms with E-state index in [4.69, 9.17) is 27.9 Å². The minimum Gasteiger partial charge on any atom is -0.487 e. The summed E-state index contributed by atoms with van der Waals surface area (Å²) in [4.78, 5) is 0. The van der Waals surface area contributed by atoms with Gasteiger partial charge in [-0.15, -0.1) is 0 Å². The van der Waals surface area contributed by atoms with Crippen LogP contribution in [0.15, 0.2) is 48.5 Å². The van der Waals surface area contributed by atoms with Gasteiger partial charge in [0.25, 0.3) is 0 Å². The molecule has 0 aromatic heterocycles. The lowest BCUT2D eigenvalue weighted by atomic mass is 9.88. The SMILES string of the molecule is Clc1ccc(OC2CNCCC2c2ccccc2)c(Cl)c1. The van der Waals surface area contributed by atoms with Gasteiger partial charge >= 0.3 is 0 Å².